The summed E-state index contributed by atoms with van der Waals surface area (Å²) in [5, 5.41) is 47.4. The number of nitrogen functional groups attached to an aromatic ring is 1. The van der Waals surface area contributed by atoms with Crippen molar-refractivity contribution >= 4 is 86.9 Å². The van der Waals surface area contributed by atoms with E-state index in [0.29, 0.717) is 11.8 Å². The van der Waals surface area contributed by atoms with Crippen LogP contribution in [-0.2, 0) is 33.6 Å². The first-order chi connectivity index (χ1) is 23.4. The molecule has 22 heteroatoms. The van der Waals surface area contributed by atoms with E-state index in [9.17, 15) is 54.0 Å². The summed E-state index contributed by atoms with van der Waals surface area (Å²) in [5.41, 5.74) is 2.79. The number of carbonyl (C=O) groups is 7. The smallest absolute Gasteiger partial charge is 0.350 e. The molecule has 0 bridgehead atoms. The van der Waals surface area contributed by atoms with Crippen LogP contribution in [0.5, 0.6) is 11.5 Å². The number of carboxylic acid groups (broad SMARTS) is 2. The van der Waals surface area contributed by atoms with Gasteiger partial charge in [0.15, 0.2) is 22.3 Å². The van der Waals surface area contributed by atoms with E-state index in [1.165, 1.54) is 19.2 Å². The minimum Gasteiger partial charge on any atom is -0.504 e. The van der Waals surface area contributed by atoms with Crippen LogP contribution in [0.25, 0.3) is 0 Å². The van der Waals surface area contributed by atoms with Crippen LogP contribution < -0.4 is 16.4 Å². The van der Waals surface area contributed by atoms with Crippen molar-refractivity contribution in [3.8, 4) is 11.5 Å². The molecule has 3 aliphatic heterocycles. The number of carboxylic acids is 2. The number of aromatic hydroxyl groups is 2. The first kappa shape index (κ1) is 36.1. The summed E-state index contributed by atoms with van der Waals surface area (Å²) in [6, 6.07) is -0.702. The Balaban J connectivity index is 1.32. The van der Waals surface area contributed by atoms with Gasteiger partial charge in [-0.3, -0.25) is 24.0 Å². The summed E-state index contributed by atoms with van der Waals surface area (Å²) in [4.78, 5) is 99.4. The molecule has 4 heterocycles. The lowest BCUT2D eigenvalue weighted by molar-refractivity contribution is -0.161. The predicted molar refractivity (Wildman–Crippen MR) is 173 cm³/mol. The largest absolute Gasteiger partial charge is 0.504 e. The number of amides is 4. The number of hydrogen-bond donors (Lipinski definition) is 7. The number of aliphatic carboxylic acids is 2. The third-order valence-electron chi connectivity index (χ3n) is 8.05. The van der Waals surface area contributed by atoms with Crippen LogP contribution in [0, 0.1) is 0 Å². The van der Waals surface area contributed by atoms with Crippen molar-refractivity contribution < 1.29 is 58.8 Å². The van der Waals surface area contributed by atoms with E-state index < -0.39 is 104 Å². The van der Waals surface area contributed by atoms with Gasteiger partial charge in [0.05, 0.1) is 17.1 Å². The molecule has 0 aliphatic carbocycles. The van der Waals surface area contributed by atoms with E-state index in [2.05, 4.69) is 20.8 Å². The number of phenolic OH excluding ortho intramolecular Hbond substituents is 2. The average Bonchev–Trinajstić information content (AvgIpc) is 3.65. The number of nitrogens with zero attached hydrogens (tertiary/aromatic N) is 4. The van der Waals surface area contributed by atoms with Gasteiger partial charge in [0.2, 0.25) is 22.3 Å². The Bertz CT molecular complexity index is 1870. The van der Waals surface area contributed by atoms with Crippen LogP contribution in [0.2, 0.25) is 5.02 Å². The quantitative estimate of drug-likeness (QED) is 0.0382. The molecule has 0 radical (unpaired) electrons. The number of anilines is 1. The molecule has 4 amide bonds. The summed E-state index contributed by atoms with van der Waals surface area (Å²) in [6.45, 7) is 1.81. The van der Waals surface area contributed by atoms with E-state index in [0.717, 1.165) is 33.3 Å². The van der Waals surface area contributed by atoms with Gasteiger partial charge in [0.1, 0.15) is 23.2 Å². The van der Waals surface area contributed by atoms with Gasteiger partial charge in [-0.15, -0.1) is 11.3 Å². The molecule has 2 aromatic rings. The van der Waals surface area contributed by atoms with Crippen LogP contribution in [0.4, 0.5) is 5.13 Å². The number of aromatic nitrogens is 1. The number of thiazole rings is 1. The first-order valence-electron chi connectivity index (χ1n) is 14.5. The molecule has 4 atom stereocenters. The fourth-order valence-corrected chi connectivity index (χ4v) is 7.70. The molecule has 50 heavy (non-hydrogen) atoms. The van der Waals surface area contributed by atoms with Crippen molar-refractivity contribution in [2.75, 3.05) is 18.8 Å². The summed E-state index contributed by atoms with van der Waals surface area (Å²) in [6.07, 6.45) is 0.237. The second-order valence-electron chi connectivity index (χ2n) is 11.7. The standard InChI is InChI=1S/C28H28ClN7O12S2/c1-27(2,24(44)45)48-34-15(12-8-49-26(30)32-12)19(40)33-16-22(43)35-9-28(25(46)47,50-23(16)35)36-7-3-4-11(21(36)42)31-20(41)17(38)10-5-6-13(37)18(39)14(10)29/h5-6,8,11,16,23,37,39H,3-4,7,9H2,1-2H3,(H2,30,32)(H,31,41)(H,33,40)(H,44,45)(H,46,47)/b34-15-/t11-,16-,23-,28-/m1/s1. The third-order valence-corrected chi connectivity index (χ3v) is 10.8. The number of benzene rings is 1. The maximum atomic E-state index is 13.7. The van der Waals surface area contributed by atoms with Crippen molar-refractivity contribution in [2.24, 2.45) is 5.16 Å². The first-order valence-corrected chi connectivity index (χ1v) is 16.6. The molecular weight excluding hydrogens is 726 g/mol. The summed E-state index contributed by atoms with van der Waals surface area (Å²) >= 11 is 7.56. The molecule has 3 aliphatic rings. The fraction of sp³-hybridized carbons (Fsp3) is 0.393. The number of β-lactam (4-membered cyclic amide) rings is 1. The SMILES string of the molecule is CC(C)(O/N=C(\C(=O)N[C@@H]1C(=O)N2C[C@@](C(=O)O)(N3CCC[C@@H](NC(=O)C(=O)c4ccc(O)c(O)c4Cl)C3=O)S[C@H]12)c1csc(N)n1)C(=O)O. The van der Waals surface area contributed by atoms with Crippen molar-refractivity contribution in [3.05, 3.63) is 33.8 Å². The van der Waals surface area contributed by atoms with Gasteiger partial charge in [-0.2, -0.15) is 0 Å². The number of phenols is 2. The minimum absolute atomic E-state index is 0.0397. The number of likely N-dealkylation sites (tertiary alicyclic amines) is 1. The zero-order chi connectivity index (χ0) is 36.9. The number of ketones is 1. The van der Waals surface area contributed by atoms with Gasteiger partial charge in [0, 0.05) is 11.9 Å². The molecule has 0 unspecified atom stereocenters. The number of rotatable bonds is 11. The normalized spacial score (nSPS) is 23.5. The van der Waals surface area contributed by atoms with Gasteiger partial charge in [0.25, 0.3) is 17.6 Å². The lowest BCUT2D eigenvalue weighted by Gasteiger charge is -2.41. The van der Waals surface area contributed by atoms with Crippen molar-refractivity contribution in [2.45, 2.75) is 54.6 Å². The van der Waals surface area contributed by atoms with Gasteiger partial charge in [-0.1, -0.05) is 28.5 Å². The topological polar surface area (TPSA) is 291 Å². The zero-order valence-corrected chi connectivity index (χ0v) is 28.3. The van der Waals surface area contributed by atoms with Crippen LogP contribution in [0.1, 0.15) is 42.7 Å². The molecule has 0 spiro atoms. The Hall–Kier alpha value is -5.15. The number of carbonyl (C=O) groups excluding carboxylic acids is 5. The number of fused-ring (bicyclic) bond motifs is 1. The Kier molecular flexibility index (Phi) is 9.60. The summed E-state index contributed by atoms with van der Waals surface area (Å²) in [5.74, 6) is -9.38. The zero-order valence-electron chi connectivity index (χ0n) is 25.9. The summed E-state index contributed by atoms with van der Waals surface area (Å²) < 4.78 is 0. The van der Waals surface area contributed by atoms with Crippen LogP contribution in [0.3, 0.4) is 0 Å². The Morgan fingerprint density at radius 1 is 1.12 bits per heavy atom. The van der Waals surface area contributed by atoms with Crippen LogP contribution in [0.15, 0.2) is 22.7 Å². The third kappa shape index (κ3) is 6.33. The number of Topliss-reactive ketones (excluding diaryl/α,β-unsaturated/α-hetero) is 1. The molecule has 0 saturated carbocycles. The molecular formula is C28H28ClN7O12S2. The number of halogens is 1. The molecule has 5 rings (SSSR count). The highest BCUT2D eigenvalue weighted by Crippen LogP contribution is 2.49. The van der Waals surface area contributed by atoms with Crippen LogP contribution in [-0.4, -0.2) is 123 Å². The lowest BCUT2D eigenvalue weighted by Crippen LogP contribution is -2.68. The van der Waals surface area contributed by atoms with Crippen molar-refractivity contribution in [3.63, 3.8) is 0 Å². The van der Waals surface area contributed by atoms with Gasteiger partial charge in [-0.25, -0.2) is 14.6 Å². The maximum Gasteiger partial charge on any atom is 0.350 e. The monoisotopic (exact) mass is 753 g/mol. The molecule has 8 N–H and O–H groups in total. The van der Waals surface area contributed by atoms with E-state index in [1.54, 1.807) is 0 Å². The van der Waals surface area contributed by atoms with E-state index >= 15 is 0 Å². The van der Waals surface area contributed by atoms with Crippen molar-refractivity contribution in [1.82, 2.24) is 25.4 Å². The number of nitrogens with one attached hydrogen (secondary N) is 2. The molecule has 1 aromatic heterocycles. The predicted octanol–water partition coefficient (Wildman–Crippen LogP) is -0.455. The van der Waals surface area contributed by atoms with Crippen LogP contribution >= 0.6 is 34.7 Å². The van der Waals surface area contributed by atoms with Crippen molar-refractivity contribution in [1.29, 1.82) is 0 Å². The number of oxime groups is 1. The second kappa shape index (κ2) is 13.3. The minimum atomic E-state index is -2.05. The number of thioether (sulfide) groups is 1. The average molecular weight is 754 g/mol. The van der Waals surface area contributed by atoms with Gasteiger partial charge < -0.3 is 51.4 Å². The highest BCUT2D eigenvalue weighted by atomic mass is 35.5. The Labute approximate surface area is 294 Å². The summed E-state index contributed by atoms with van der Waals surface area (Å²) in [7, 11) is 0. The van der Waals surface area contributed by atoms with E-state index in [-0.39, 0.29) is 30.2 Å². The molecule has 3 fully saturated rings. The fourth-order valence-electron chi connectivity index (χ4n) is 5.26. The Morgan fingerprint density at radius 3 is 2.44 bits per heavy atom. The van der Waals surface area contributed by atoms with Gasteiger partial charge >= 0.3 is 11.9 Å². The molecule has 3 saturated heterocycles. The molecule has 266 valence electrons. The number of nitrogens with two attached hydrogens (primary N) is 1. The second-order valence-corrected chi connectivity index (χ2v) is 14.4. The number of piperidine rings is 1. The lowest BCUT2D eigenvalue weighted by atomic mass is 9.99. The Morgan fingerprint density at radius 2 is 1.82 bits per heavy atom. The maximum absolute atomic E-state index is 13.7. The number of hydrogen-bond acceptors (Lipinski definition) is 15. The highest BCUT2D eigenvalue weighted by molar-refractivity contribution is 8.02. The van der Waals surface area contributed by atoms with E-state index in [4.69, 9.17) is 22.2 Å². The van der Waals surface area contributed by atoms with E-state index in [1.807, 2.05) is 0 Å². The van der Waals surface area contributed by atoms with Gasteiger partial charge in [-0.05, 0) is 38.8 Å². The molecule has 19 nitrogen and oxygen atoms in total. The molecule has 1 aromatic carbocycles. The highest BCUT2D eigenvalue weighted by Gasteiger charge is 2.66.